The molecule has 0 aliphatic carbocycles. The SMILES string of the molecule is C.CC.CC.Cn1nc(C2CCNCC2)c2ccccc21.c1ccc2c(C3CCNCC3)[nH]nc2c1. The van der Waals surface area contributed by atoms with Gasteiger partial charge in [0.1, 0.15) is 0 Å². The molecular weight excluding hydrogens is 444 g/mol. The van der Waals surface area contributed by atoms with Gasteiger partial charge in [0.05, 0.1) is 16.7 Å². The van der Waals surface area contributed by atoms with Crippen LogP contribution in [0.4, 0.5) is 0 Å². The molecule has 0 amide bonds. The van der Waals surface area contributed by atoms with Crippen molar-refractivity contribution in [2.45, 2.75) is 72.6 Å². The summed E-state index contributed by atoms with van der Waals surface area (Å²) >= 11 is 0. The van der Waals surface area contributed by atoms with Gasteiger partial charge in [-0.3, -0.25) is 9.78 Å². The van der Waals surface area contributed by atoms with Gasteiger partial charge in [0, 0.05) is 35.3 Å². The van der Waals surface area contributed by atoms with Crippen molar-refractivity contribution in [1.29, 1.82) is 0 Å². The van der Waals surface area contributed by atoms with Crippen LogP contribution in [-0.2, 0) is 7.05 Å². The van der Waals surface area contributed by atoms with E-state index < -0.39 is 0 Å². The highest BCUT2D eigenvalue weighted by Gasteiger charge is 2.21. The lowest BCUT2D eigenvalue weighted by Gasteiger charge is -2.21. The van der Waals surface area contributed by atoms with E-state index in [0.29, 0.717) is 11.8 Å². The van der Waals surface area contributed by atoms with Crippen molar-refractivity contribution in [3.05, 3.63) is 59.9 Å². The van der Waals surface area contributed by atoms with E-state index in [2.05, 4.69) is 63.3 Å². The molecule has 0 spiro atoms. The number of piperidine rings is 2. The molecule has 0 bridgehead atoms. The third kappa shape index (κ3) is 6.95. The third-order valence-corrected chi connectivity index (χ3v) is 6.75. The van der Waals surface area contributed by atoms with Crippen LogP contribution in [0.3, 0.4) is 0 Å². The van der Waals surface area contributed by atoms with Gasteiger partial charge in [-0.05, 0) is 64.0 Å². The Kier molecular flexibility index (Phi) is 12.6. The van der Waals surface area contributed by atoms with E-state index in [4.69, 9.17) is 5.10 Å². The van der Waals surface area contributed by atoms with Gasteiger partial charge in [-0.25, -0.2) is 0 Å². The fourth-order valence-corrected chi connectivity index (χ4v) is 5.04. The Morgan fingerprint density at radius 3 is 1.89 bits per heavy atom. The average Bonchev–Trinajstić information content (AvgIpc) is 3.54. The molecule has 2 aliphatic rings. The zero-order valence-corrected chi connectivity index (χ0v) is 22.3. The zero-order valence-electron chi connectivity index (χ0n) is 22.3. The van der Waals surface area contributed by atoms with Gasteiger partial charge in [0.15, 0.2) is 0 Å². The first kappa shape index (κ1) is 29.5. The topological polar surface area (TPSA) is 70.6 Å². The predicted octanol–water partition coefficient (Wildman–Crippen LogP) is 6.76. The number of hydrogen-bond acceptors (Lipinski definition) is 4. The van der Waals surface area contributed by atoms with Crippen LogP contribution in [0.5, 0.6) is 0 Å². The third-order valence-electron chi connectivity index (χ3n) is 6.75. The maximum Gasteiger partial charge on any atom is 0.0923 e. The largest absolute Gasteiger partial charge is 0.317 e. The quantitative estimate of drug-likeness (QED) is 0.289. The molecule has 2 aliphatic heterocycles. The van der Waals surface area contributed by atoms with Crippen LogP contribution in [0.2, 0.25) is 0 Å². The van der Waals surface area contributed by atoms with Crippen LogP contribution in [0.15, 0.2) is 48.5 Å². The summed E-state index contributed by atoms with van der Waals surface area (Å²) < 4.78 is 2.01. The van der Waals surface area contributed by atoms with Crippen LogP contribution in [0, 0.1) is 0 Å². The Morgan fingerprint density at radius 2 is 1.25 bits per heavy atom. The van der Waals surface area contributed by atoms with Crippen LogP contribution in [0.25, 0.3) is 21.8 Å². The zero-order chi connectivity index (χ0) is 25.0. The number of H-pyrrole nitrogens is 1. The Morgan fingerprint density at radius 1 is 0.722 bits per heavy atom. The van der Waals surface area contributed by atoms with E-state index >= 15 is 0 Å². The lowest BCUT2D eigenvalue weighted by atomic mass is 9.93. The fourth-order valence-electron chi connectivity index (χ4n) is 5.04. The van der Waals surface area contributed by atoms with Crippen molar-refractivity contribution in [2.24, 2.45) is 7.05 Å². The molecule has 198 valence electrons. The van der Waals surface area contributed by atoms with Gasteiger partial charge >= 0.3 is 0 Å². The Hall–Kier alpha value is -2.70. The molecule has 36 heavy (non-hydrogen) atoms. The van der Waals surface area contributed by atoms with Gasteiger partial charge in [0.2, 0.25) is 0 Å². The van der Waals surface area contributed by atoms with Crippen LogP contribution >= 0.6 is 0 Å². The molecule has 0 atom stereocenters. The smallest absolute Gasteiger partial charge is 0.0923 e. The molecule has 0 radical (unpaired) electrons. The highest BCUT2D eigenvalue weighted by atomic mass is 15.3. The minimum Gasteiger partial charge on any atom is -0.317 e. The predicted molar refractivity (Wildman–Crippen MR) is 156 cm³/mol. The normalized spacial score (nSPS) is 16.0. The second-order valence-electron chi connectivity index (χ2n) is 8.73. The van der Waals surface area contributed by atoms with Gasteiger partial charge in [0.25, 0.3) is 0 Å². The monoisotopic (exact) mass is 492 g/mol. The maximum absolute atomic E-state index is 4.70. The van der Waals surface area contributed by atoms with Gasteiger partial charge in [-0.2, -0.15) is 10.2 Å². The number of benzene rings is 2. The molecule has 2 aromatic heterocycles. The first-order chi connectivity index (χ1) is 17.3. The van der Waals surface area contributed by atoms with Crippen molar-refractivity contribution in [3.8, 4) is 0 Å². The Labute approximate surface area is 218 Å². The van der Waals surface area contributed by atoms with Crippen LogP contribution in [-0.4, -0.2) is 46.2 Å². The fraction of sp³-hybridized carbons (Fsp3) is 0.533. The maximum atomic E-state index is 4.70. The second-order valence-corrected chi connectivity index (χ2v) is 8.73. The van der Waals surface area contributed by atoms with Crippen molar-refractivity contribution in [3.63, 3.8) is 0 Å². The first-order valence-corrected chi connectivity index (χ1v) is 13.6. The minimum atomic E-state index is 0. The highest BCUT2D eigenvalue weighted by Crippen LogP contribution is 2.30. The molecule has 3 N–H and O–H groups in total. The Bertz CT molecular complexity index is 1130. The number of para-hydroxylation sites is 2. The van der Waals surface area contributed by atoms with Crippen LogP contribution < -0.4 is 10.6 Å². The summed E-state index contributed by atoms with van der Waals surface area (Å²) in [5.74, 6) is 1.28. The molecule has 6 rings (SSSR count). The van der Waals surface area contributed by atoms with Crippen molar-refractivity contribution in [1.82, 2.24) is 30.6 Å². The van der Waals surface area contributed by atoms with Crippen molar-refractivity contribution < 1.29 is 0 Å². The second kappa shape index (κ2) is 15.4. The highest BCUT2D eigenvalue weighted by molar-refractivity contribution is 5.82. The van der Waals surface area contributed by atoms with Gasteiger partial charge in [-0.15, -0.1) is 0 Å². The van der Waals surface area contributed by atoms with Crippen molar-refractivity contribution >= 4 is 21.8 Å². The number of fused-ring (bicyclic) bond motifs is 2. The van der Waals surface area contributed by atoms with E-state index in [1.807, 2.05) is 45.5 Å². The standard InChI is InChI=1S/C13H17N3.C12H15N3.2C2H6.CH4/c1-16-12-5-3-2-4-11(12)13(15-16)10-6-8-14-9-7-10;1-2-4-11-10(3-1)12(15-14-11)9-5-7-13-8-6-9;2*1-2;/h2-5,10,14H,6-9H2,1H3;1-4,9,13H,5-8H2,(H,14,15);2*1-2H3;1H4. The summed E-state index contributed by atoms with van der Waals surface area (Å²) in [6.45, 7) is 12.5. The Balaban J connectivity index is 0.000000218. The first-order valence-electron chi connectivity index (χ1n) is 13.6. The molecule has 6 heteroatoms. The number of aromatic amines is 1. The van der Waals surface area contributed by atoms with E-state index in [1.54, 1.807) is 0 Å². The summed E-state index contributed by atoms with van der Waals surface area (Å²) in [4.78, 5) is 0. The minimum absolute atomic E-state index is 0. The summed E-state index contributed by atoms with van der Waals surface area (Å²) in [7, 11) is 2.03. The molecule has 2 aromatic carbocycles. The molecule has 4 heterocycles. The van der Waals surface area contributed by atoms with E-state index in [1.165, 1.54) is 53.4 Å². The molecule has 0 unspecified atom stereocenters. The number of nitrogens with one attached hydrogen (secondary N) is 3. The van der Waals surface area contributed by atoms with Crippen LogP contribution in [0.1, 0.15) is 84.0 Å². The summed E-state index contributed by atoms with van der Waals surface area (Å²) in [5, 5.41) is 21.7. The molecule has 6 nitrogen and oxygen atoms in total. The number of nitrogens with zero attached hydrogens (tertiary/aromatic N) is 3. The number of aromatic nitrogens is 4. The van der Waals surface area contributed by atoms with Crippen molar-refractivity contribution in [2.75, 3.05) is 26.2 Å². The number of aryl methyl sites for hydroxylation is 1. The molecule has 2 fully saturated rings. The van der Waals surface area contributed by atoms with E-state index in [0.717, 1.165) is 31.7 Å². The molecule has 4 aromatic rings. The molecular formula is C30H48N6. The summed E-state index contributed by atoms with van der Waals surface area (Å²) in [6.07, 6.45) is 4.85. The lowest BCUT2D eigenvalue weighted by Crippen LogP contribution is -2.26. The molecule has 2 saturated heterocycles. The van der Waals surface area contributed by atoms with E-state index in [-0.39, 0.29) is 7.43 Å². The summed E-state index contributed by atoms with van der Waals surface area (Å²) in [6, 6.07) is 16.9. The van der Waals surface area contributed by atoms with E-state index in [9.17, 15) is 0 Å². The summed E-state index contributed by atoms with van der Waals surface area (Å²) in [5.41, 5.74) is 4.95. The van der Waals surface area contributed by atoms with Gasteiger partial charge < -0.3 is 10.6 Å². The number of rotatable bonds is 2. The molecule has 0 saturated carbocycles. The lowest BCUT2D eigenvalue weighted by molar-refractivity contribution is 0.452. The number of hydrogen-bond donors (Lipinski definition) is 3. The van der Waals surface area contributed by atoms with Gasteiger partial charge in [-0.1, -0.05) is 71.5 Å². The average molecular weight is 493 g/mol.